The van der Waals surface area contributed by atoms with Crippen LogP contribution < -0.4 is 5.32 Å². The quantitative estimate of drug-likeness (QED) is 0.819. The number of amides is 1. The van der Waals surface area contributed by atoms with Crippen molar-refractivity contribution in [1.82, 2.24) is 5.32 Å². The maximum atomic E-state index is 12.4. The molecule has 1 N–H and O–H groups in total. The summed E-state index contributed by atoms with van der Waals surface area (Å²) in [6, 6.07) is 9.46. The molecule has 0 bridgehead atoms. The van der Waals surface area contributed by atoms with E-state index in [0.717, 1.165) is 24.3 Å². The average Bonchev–Trinajstić information content (AvgIpc) is 3.04. The average molecular weight is 318 g/mol. The molecule has 0 saturated carbocycles. The molecule has 2 rings (SSSR count). The fraction of sp³-hybridized carbons (Fsp3) is 0.529. The lowest BCUT2D eigenvalue weighted by molar-refractivity contribution is -0.121. The van der Waals surface area contributed by atoms with Crippen LogP contribution in [0.2, 0.25) is 0 Å². The Balaban J connectivity index is 1.92. The maximum Gasteiger partial charge on any atom is 0.233 e. The highest BCUT2D eigenvalue weighted by atomic mass is 32.2. The summed E-state index contributed by atoms with van der Waals surface area (Å²) in [5.74, 6) is 0.282. The van der Waals surface area contributed by atoms with Crippen molar-refractivity contribution in [3.05, 3.63) is 29.8 Å². The molecule has 1 aliphatic heterocycles. The minimum absolute atomic E-state index is 0.0554. The van der Waals surface area contributed by atoms with Gasteiger partial charge in [-0.15, -0.1) is 11.8 Å². The lowest BCUT2D eigenvalue weighted by Gasteiger charge is -2.21. The molecule has 1 aromatic rings. The second kappa shape index (κ2) is 8.21. The molecule has 0 aromatic heterocycles. The van der Waals surface area contributed by atoms with Gasteiger partial charge in [-0.2, -0.15) is 5.26 Å². The van der Waals surface area contributed by atoms with Gasteiger partial charge in [0, 0.05) is 18.0 Å². The monoisotopic (exact) mass is 318 g/mol. The summed E-state index contributed by atoms with van der Waals surface area (Å²) in [5.41, 5.74) is 0.633. The summed E-state index contributed by atoms with van der Waals surface area (Å²) in [4.78, 5) is 13.4. The van der Waals surface area contributed by atoms with Crippen LogP contribution >= 0.6 is 11.8 Å². The molecule has 118 valence electrons. The van der Waals surface area contributed by atoms with Gasteiger partial charge in [-0.1, -0.05) is 13.8 Å². The van der Waals surface area contributed by atoms with Gasteiger partial charge < -0.3 is 10.1 Å². The molecule has 0 spiro atoms. The van der Waals surface area contributed by atoms with Gasteiger partial charge in [0.1, 0.15) is 0 Å². The van der Waals surface area contributed by atoms with Crippen LogP contribution in [-0.4, -0.2) is 30.4 Å². The van der Waals surface area contributed by atoms with Crippen LogP contribution in [0.3, 0.4) is 0 Å². The molecule has 1 heterocycles. The molecule has 2 atom stereocenters. The summed E-state index contributed by atoms with van der Waals surface area (Å²) < 4.78 is 5.54. The molecule has 4 nitrogen and oxygen atoms in total. The number of nitrogens with one attached hydrogen (secondary N) is 1. The Morgan fingerprint density at radius 3 is 2.73 bits per heavy atom. The Hall–Kier alpha value is -1.51. The van der Waals surface area contributed by atoms with Gasteiger partial charge in [-0.25, -0.2) is 0 Å². The van der Waals surface area contributed by atoms with E-state index in [9.17, 15) is 4.79 Å². The van der Waals surface area contributed by atoms with Crippen molar-refractivity contribution in [2.24, 2.45) is 5.92 Å². The fourth-order valence-electron chi connectivity index (χ4n) is 2.37. The lowest BCUT2D eigenvalue weighted by Crippen LogP contribution is -2.39. The number of nitrogens with zero attached hydrogens (tertiary/aromatic N) is 1. The Bertz CT molecular complexity index is 531. The summed E-state index contributed by atoms with van der Waals surface area (Å²) in [6.07, 6.45) is 2.26. The van der Waals surface area contributed by atoms with Crippen LogP contribution in [0.25, 0.3) is 0 Å². The van der Waals surface area contributed by atoms with Crippen molar-refractivity contribution in [3.8, 4) is 6.07 Å². The molecule has 1 aromatic carbocycles. The summed E-state index contributed by atoms with van der Waals surface area (Å²) in [5, 5.41) is 11.7. The number of hydrogen-bond donors (Lipinski definition) is 1. The predicted molar refractivity (Wildman–Crippen MR) is 87.6 cm³/mol. The number of carbonyl (C=O) groups excluding carboxylic acids is 1. The largest absolute Gasteiger partial charge is 0.376 e. The van der Waals surface area contributed by atoms with Gasteiger partial charge in [0.2, 0.25) is 5.91 Å². The number of thioether (sulfide) groups is 1. The summed E-state index contributed by atoms with van der Waals surface area (Å²) in [7, 11) is 0. The van der Waals surface area contributed by atoms with Crippen LogP contribution in [0.4, 0.5) is 0 Å². The van der Waals surface area contributed by atoms with E-state index in [1.807, 2.05) is 26.0 Å². The van der Waals surface area contributed by atoms with E-state index >= 15 is 0 Å². The van der Waals surface area contributed by atoms with E-state index in [1.165, 1.54) is 0 Å². The number of hydrogen-bond acceptors (Lipinski definition) is 4. The number of carbonyl (C=O) groups is 1. The van der Waals surface area contributed by atoms with E-state index in [-0.39, 0.29) is 23.2 Å². The Morgan fingerprint density at radius 1 is 1.45 bits per heavy atom. The molecular weight excluding hydrogens is 296 g/mol. The van der Waals surface area contributed by atoms with Crippen LogP contribution in [-0.2, 0) is 9.53 Å². The number of ether oxygens (including phenoxy) is 1. The van der Waals surface area contributed by atoms with Crippen LogP contribution in [0.1, 0.15) is 32.3 Å². The molecular formula is C17H22N2O2S. The molecule has 22 heavy (non-hydrogen) atoms. The van der Waals surface area contributed by atoms with Crippen LogP contribution in [0.5, 0.6) is 0 Å². The maximum absolute atomic E-state index is 12.4. The normalized spacial score (nSPS) is 18.9. The van der Waals surface area contributed by atoms with Crippen molar-refractivity contribution in [3.63, 3.8) is 0 Å². The third-order valence-corrected chi connectivity index (χ3v) is 5.20. The minimum atomic E-state index is -0.144. The highest BCUT2D eigenvalue weighted by Crippen LogP contribution is 2.28. The Kier molecular flexibility index (Phi) is 6.29. The molecule has 5 heteroatoms. The van der Waals surface area contributed by atoms with Gasteiger partial charge in [-0.3, -0.25) is 4.79 Å². The van der Waals surface area contributed by atoms with Gasteiger partial charge in [0.25, 0.3) is 0 Å². The zero-order chi connectivity index (χ0) is 15.9. The first kappa shape index (κ1) is 16.9. The van der Waals surface area contributed by atoms with E-state index in [1.54, 1.807) is 23.9 Å². The van der Waals surface area contributed by atoms with Crippen LogP contribution in [0, 0.1) is 17.2 Å². The standard InChI is InChI=1S/C17H22N2O2S/c1-12(2)16(17(20)19-11-14-4-3-9-21-14)22-15-7-5-13(10-18)6-8-15/h5-8,12,14,16H,3-4,9,11H2,1-2H3,(H,19,20)/t14-,16+/m0/s1. The highest BCUT2D eigenvalue weighted by molar-refractivity contribution is 8.00. The molecule has 1 amide bonds. The van der Waals surface area contributed by atoms with E-state index in [4.69, 9.17) is 10.00 Å². The van der Waals surface area contributed by atoms with Gasteiger partial charge in [0.15, 0.2) is 0 Å². The fourth-order valence-corrected chi connectivity index (χ4v) is 3.42. The molecule has 0 unspecified atom stereocenters. The first-order valence-electron chi connectivity index (χ1n) is 7.66. The van der Waals surface area contributed by atoms with Gasteiger partial charge in [-0.05, 0) is 43.0 Å². The molecule has 0 aliphatic carbocycles. The number of benzene rings is 1. The zero-order valence-electron chi connectivity index (χ0n) is 13.0. The Morgan fingerprint density at radius 2 is 2.18 bits per heavy atom. The summed E-state index contributed by atoms with van der Waals surface area (Å²) in [6.45, 7) is 5.49. The lowest BCUT2D eigenvalue weighted by atomic mass is 10.1. The van der Waals surface area contributed by atoms with Gasteiger partial charge in [0.05, 0.1) is 23.0 Å². The van der Waals surface area contributed by atoms with Gasteiger partial charge >= 0.3 is 0 Å². The Labute approximate surface area is 136 Å². The molecule has 0 radical (unpaired) electrons. The third-order valence-electron chi connectivity index (χ3n) is 3.64. The first-order valence-corrected chi connectivity index (χ1v) is 8.54. The zero-order valence-corrected chi connectivity index (χ0v) is 13.9. The summed E-state index contributed by atoms with van der Waals surface area (Å²) >= 11 is 1.54. The second-order valence-electron chi connectivity index (χ2n) is 5.80. The second-order valence-corrected chi connectivity index (χ2v) is 7.01. The van der Waals surface area contributed by atoms with Crippen molar-refractivity contribution in [2.45, 2.75) is 42.9 Å². The number of rotatable bonds is 6. The van der Waals surface area contributed by atoms with Crippen molar-refractivity contribution in [1.29, 1.82) is 5.26 Å². The minimum Gasteiger partial charge on any atom is -0.376 e. The van der Waals surface area contributed by atoms with Crippen molar-refractivity contribution < 1.29 is 9.53 Å². The van der Waals surface area contributed by atoms with E-state index in [2.05, 4.69) is 11.4 Å². The molecule has 1 aliphatic rings. The molecule has 1 fully saturated rings. The van der Waals surface area contributed by atoms with Crippen molar-refractivity contribution >= 4 is 17.7 Å². The first-order chi connectivity index (χ1) is 10.6. The van der Waals surface area contributed by atoms with E-state index in [0.29, 0.717) is 12.1 Å². The van der Waals surface area contributed by atoms with E-state index < -0.39 is 0 Å². The molecule has 1 saturated heterocycles. The smallest absolute Gasteiger partial charge is 0.233 e. The van der Waals surface area contributed by atoms with Crippen LogP contribution in [0.15, 0.2) is 29.2 Å². The number of nitriles is 1. The topological polar surface area (TPSA) is 62.1 Å². The van der Waals surface area contributed by atoms with Crippen molar-refractivity contribution in [2.75, 3.05) is 13.2 Å². The highest BCUT2D eigenvalue weighted by Gasteiger charge is 2.25. The SMILES string of the molecule is CC(C)[C@@H](Sc1ccc(C#N)cc1)C(=O)NC[C@@H]1CCCO1. The third kappa shape index (κ3) is 4.75. The predicted octanol–water partition coefficient (Wildman–Crippen LogP) is 2.97.